The van der Waals surface area contributed by atoms with Crippen LogP contribution in [0.3, 0.4) is 0 Å². The van der Waals surface area contributed by atoms with E-state index in [1.54, 1.807) is 22.3 Å². The molecule has 0 aromatic rings. The number of hydrogen-bond acceptors (Lipinski definition) is 0. The number of allylic oxidation sites excluding steroid dienone is 8. The first-order chi connectivity index (χ1) is 8.25. The predicted molar refractivity (Wildman–Crippen MR) is 82.7 cm³/mol. The molecule has 0 atom stereocenters. The molecule has 0 amide bonds. The summed E-state index contributed by atoms with van der Waals surface area (Å²) in [7, 11) is 0. The number of hydrogen-bond donors (Lipinski definition) is 0. The van der Waals surface area contributed by atoms with E-state index < -0.39 is 0 Å². The van der Waals surface area contributed by atoms with Gasteiger partial charge in [0.2, 0.25) is 0 Å². The smallest absolute Gasteiger partial charge is 0.0661 e. The molecule has 0 spiro atoms. The molecule has 0 saturated carbocycles. The topological polar surface area (TPSA) is 0 Å². The van der Waals surface area contributed by atoms with Crippen LogP contribution in [0.2, 0.25) is 0 Å². The van der Waals surface area contributed by atoms with Crippen molar-refractivity contribution in [3.8, 4) is 0 Å². The molecule has 0 radical (unpaired) electrons. The minimum atomic E-state index is 0. The third-order valence-electron chi connectivity index (χ3n) is 4.75. The number of rotatable bonds is 0. The average Bonchev–Trinajstić information content (AvgIpc) is 2.66. The summed E-state index contributed by atoms with van der Waals surface area (Å²) in [6.07, 6.45) is 2.41. The molecule has 0 nitrogen and oxygen atoms in total. The van der Waals surface area contributed by atoms with Crippen molar-refractivity contribution >= 4 is 0 Å². The second-order valence-electron chi connectivity index (χ2n) is 5.97. The molecule has 19 heavy (non-hydrogen) atoms. The van der Waals surface area contributed by atoms with Gasteiger partial charge in [0.1, 0.15) is 0 Å². The molecule has 2 aliphatic carbocycles. The largest absolute Gasteiger partial charge is 2.00 e. The van der Waals surface area contributed by atoms with Gasteiger partial charge in [0.15, 0.2) is 0 Å². The molecule has 104 valence electrons. The standard InChI is InChI=1S/2C9H14.Cr/c2*1-6-5-7(2)9(4)8(6)3;/h2*5H2,1-4H3;/q;;+2. The van der Waals surface area contributed by atoms with Crippen molar-refractivity contribution in [3.63, 3.8) is 0 Å². The molecular weight excluding hydrogens is 268 g/mol. The Hall–Kier alpha value is -0.508. The van der Waals surface area contributed by atoms with Crippen molar-refractivity contribution in [2.75, 3.05) is 0 Å². The van der Waals surface area contributed by atoms with Crippen molar-refractivity contribution < 1.29 is 17.4 Å². The summed E-state index contributed by atoms with van der Waals surface area (Å²) in [5, 5.41) is 0. The maximum absolute atomic E-state index is 2.22. The van der Waals surface area contributed by atoms with Crippen LogP contribution in [0.25, 0.3) is 0 Å². The van der Waals surface area contributed by atoms with Gasteiger partial charge in [-0.3, -0.25) is 0 Å². The fourth-order valence-corrected chi connectivity index (χ4v) is 2.61. The van der Waals surface area contributed by atoms with Crippen molar-refractivity contribution in [1.82, 2.24) is 0 Å². The first kappa shape index (κ1) is 18.5. The van der Waals surface area contributed by atoms with Crippen LogP contribution in [-0.4, -0.2) is 0 Å². The molecule has 0 fully saturated rings. The zero-order chi connectivity index (χ0) is 14.0. The normalized spacial score (nSPS) is 18.9. The monoisotopic (exact) mass is 296 g/mol. The average molecular weight is 296 g/mol. The fraction of sp³-hybridized carbons (Fsp3) is 0.556. The van der Waals surface area contributed by atoms with Crippen LogP contribution in [0, 0.1) is 0 Å². The summed E-state index contributed by atoms with van der Waals surface area (Å²) in [4.78, 5) is 0. The van der Waals surface area contributed by atoms with E-state index in [1.807, 2.05) is 0 Å². The van der Waals surface area contributed by atoms with E-state index in [9.17, 15) is 0 Å². The fourth-order valence-electron chi connectivity index (χ4n) is 2.61. The van der Waals surface area contributed by atoms with E-state index in [0.717, 1.165) is 0 Å². The van der Waals surface area contributed by atoms with Crippen molar-refractivity contribution in [3.05, 3.63) is 44.6 Å². The Kier molecular flexibility index (Phi) is 7.13. The van der Waals surface area contributed by atoms with Gasteiger partial charge < -0.3 is 0 Å². The second-order valence-corrected chi connectivity index (χ2v) is 5.97. The van der Waals surface area contributed by atoms with E-state index in [2.05, 4.69) is 55.4 Å². The summed E-state index contributed by atoms with van der Waals surface area (Å²) in [5.41, 5.74) is 12.2. The second kappa shape index (κ2) is 7.32. The zero-order valence-electron chi connectivity index (χ0n) is 13.8. The summed E-state index contributed by atoms with van der Waals surface area (Å²) in [5.74, 6) is 0. The Morgan fingerprint density at radius 2 is 0.579 bits per heavy atom. The molecule has 0 heterocycles. The van der Waals surface area contributed by atoms with Crippen LogP contribution in [-0.2, 0) is 17.4 Å². The summed E-state index contributed by atoms with van der Waals surface area (Å²) >= 11 is 0. The summed E-state index contributed by atoms with van der Waals surface area (Å²) in [6, 6.07) is 0. The Bertz CT molecular complexity index is 392. The van der Waals surface area contributed by atoms with Crippen LogP contribution >= 0.6 is 0 Å². The molecule has 0 N–H and O–H groups in total. The van der Waals surface area contributed by atoms with E-state index >= 15 is 0 Å². The maximum Gasteiger partial charge on any atom is 2.00 e. The van der Waals surface area contributed by atoms with E-state index in [-0.39, 0.29) is 17.4 Å². The van der Waals surface area contributed by atoms with Gasteiger partial charge in [-0.25, -0.2) is 0 Å². The van der Waals surface area contributed by atoms with Gasteiger partial charge in [0, 0.05) is 0 Å². The molecule has 2 rings (SSSR count). The Labute approximate surface area is 130 Å². The van der Waals surface area contributed by atoms with Crippen LogP contribution in [0.4, 0.5) is 0 Å². The van der Waals surface area contributed by atoms with Crippen molar-refractivity contribution in [2.45, 2.75) is 68.2 Å². The maximum atomic E-state index is 2.22. The first-order valence-corrected chi connectivity index (χ1v) is 6.91. The van der Waals surface area contributed by atoms with Gasteiger partial charge in [-0.1, -0.05) is 22.3 Å². The van der Waals surface area contributed by atoms with Crippen molar-refractivity contribution in [1.29, 1.82) is 0 Å². The van der Waals surface area contributed by atoms with E-state index in [0.29, 0.717) is 0 Å². The van der Waals surface area contributed by atoms with Crippen LogP contribution in [0.5, 0.6) is 0 Å². The minimum absolute atomic E-state index is 0. The van der Waals surface area contributed by atoms with Gasteiger partial charge in [-0.15, -0.1) is 0 Å². The summed E-state index contributed by atoms with van der Waals surface area (Å²) < 4.78 is 0. The van der Waals surface area contributed by atoms with E-state index in [1.165, 1.54) is 35.1 Å². The molecule has 0 aromatic heterocycles. The molecular formula is C18H28Cr+2. The van der Waals surface area contributed by atoms with Crippen LogP contribution < -0.4 is 0 Å². The van der Waals surface area contributed by atoms with Gasteiger partial charge in [0.25, 0.3) is 0 Å². The first-order valence-electron chi connectivity index (χ1n) is 6.91. The van der Waals surface area contributed by atoms with Gasteiger partial charge >= 0.3 is 17.4 Å². The van der Waals surface area contributed by atoms with Crippen LogP contribution in [0.15, 0.2) is 44.6 Å². The third-order valence-corrected chi connectivity index (χ3v) is 4.75. The van der Waals surface area contributed by atoms with Gasteiger partial charge in [0.05, 0.1) is 0 Å². The Morgan fingerprint density at radius 1 is 0.421 bits per heavy atom. The molecule has 0 aromatic carbocycles. The van der Waals surface area contributed by atoms with Gasteiger partial charge in [-0.2, -0.15) is 0 Å². The predicted octanol–water partition coefficient (Wildman–Crippen LogP) is 6.12. The third kappa shape index (κ3) is 4.23. The van der Waals surface area contributed by atoms with Crippen LogP contribution in [0.1, 0.15) is 68.2 Å². The molecule has 2 aliphatic rings. The molecule has 0 aliphatic heterocycles. The summed E-state index contributed by atoms with van der Waals surface area (Å²) in [6.45, 7) is 17.7. The SMILES string of the molecule is CC1=C(C)C(C)=C(C)C1.CC1=C(C)C(C)=C(C)C1.[Cr+2]. The Morgan fingerprint density at radius 3 is 0.632 bits per heavy atom. The van der Waals surface area contributed by atoms with Gasteiger partial charge in [-0.05, 0) is 90.5 Å². The van der Waals surface area contributed by atoms with E-state index in [4.69, 9.17) is 0 Å². The quantitative estimate of drug-likeness (QED) is 0.505. The Balaban J connectivity index is 0.000000324. The van der Waals surface area contributed by atoms with Crippen molar-refractivity contribution in [2.24, 2.45) is 0 Å². The minimum Gasteiger partial charge on any atom is -0.0661 e. The molecule has 0 unspecified atom stereocenters. The molecule has 0 saturated heterocycles. The zero-order valence-corrected chi connectivity index (χ0v) is 15.1. The molecule has 0 bridgehead atoms. The molecule has 1 heteroatoms.